The second-order valence-corrected chi connectivity index (χ2v) is 9.68. The molecule has 0 saturated heterocycles. The molecule has 0 aliphatic heterocycles. The number of esters is 1. The molecular weight excluding hydrogens is 312 g/mol. The van der Waals surface area contributed by atoms with Gasteiger partial charge in [0.2, 0.25) is 0 Å². The lowest BCUT2D eigenvalue weighted by Gasteiger charge is -2.57. The van der Waals surface area contributed by atoms with E-state index in [-0.39, 0.29) is 17.0 Å². The van der Waals surface area contributed by atoms with Gasteiger partial charge in [-0.25, -0.2) is 0 Å². The lowest BCUT2D eigenvalue weighted by molar-refractivity contribution is -0.177. The van der Waals surface area contributed by atoms with Crippen LogP contribution in [-0.4, -0.2) is 17.4 Å². The van der Waals surface area contributed by atoms with Crippen LogP contribution in [0.4, 0.5) is 0 Å². The molecule has 0 amide bonds. The third kappa shape index (κ3) is 2.44. The van der Waals surface area contributed by atoms with Crippen molar-refractivity contribution in [1.29, 1.82) is 0 Å². The van der Waals surface area contributed by atoms with Gasteiger partial charge in [-0.15, -0.1) is 0 Å². The first-order valence-electron chi connectivity index (χ1n) is 10.2. The Morgan fingerprint density at radius 2 is 1.96 bits per heavy atom. The lowest BCUT2D eigenvalue weighted by Crippen LogP contribution is -2.54. The SMILES string of the molecule is CC(=O)O[C@@]1(C)CC[C@H]2[C@H]3[C@H](CC[C@@]21C)[C@H]1CCC(=O)C=C1C[C@H]3C. The summed E-state index contributed by atoms with van der Waals surface area (Å²) >= 11 is 0. The molecule has 0 heterocycles. The van der Waals surface area contributed by atoms with Crippen LogP contribution in [-0.2, 0) is 14.3 Å². The highest BCUT2D eigenvalue weighted by Gasteiger charge is 2.63. The Balaban J connectivity index is 1.66. The van der Waals surface area contributed by atoms with Gasteiger partial charge in [0.25, 0.3) is 0 Å². The summed E-state index contributed by atoms with van der Waals surface area (Å²) in [6.07, 6.45) is 9.40. The Hall–Kier alpha value is -1.12. The van der Waals surface area contributed by atoms with Gasteiger partial charge in [0.15, 0.2) is 5.78 Å². The standard InChI is InChI=1S/C22H32O3/c1-13-11-15-12-16(24)5-6-17(15)18-7-9-21(3)19(20(13)18)8-10-22(21,4)25-14(2)23/h12-13,17-20H,5-11H2,1-4H3/t13-,17+,18-,19+,20-,21+,22+/m1/s1. The molecule has 0 unspecified atom stereocenters. The van der Waals surface area contributed by atoms with Crippen molar-refractivity contribution in [3.63, 3.8) is 0 Å². The highest BCUT2D eigenvalue weighted by Crippen LogP contribution is 2.66. The van der Waals surface area contributed by atoms with Crippen LogP contribution in [0, 0.1) is 35.0 Å². The Bertz CT molecular complexity index is 635. The van der Waals surface area contributed by atoms with Gasteiger partial charge >= 0.3 is 5.97 Å². The van der Waals surface area contributed by atoms with Gasteiger partial charge in [0.1, 0.15) is 5.60 Å². The number of hydrogen-bond donors (Lipinski definition) is 0. The van der Waals surface area contributed by atoms with E-state index in [0.717, 1.165) is 38.0 Å². The van der Waals surface area contributed by atoms with Crippen LogP contribution in [0.1, 0.15) is 72.6 Å². The monoisotopic (exact) mass is 344 g/mol. The van der Waals surface area contributed by atoms with E-state index in [0.29, 0.717) is 29.5 Å². The summed E-state index contributed by atoms with van der Waals surface area (Å²) in [5.74, 6) is 3.53. The molecule has 3 heteroatoms. The molecule has 0 aromatic heterocycles. The molecule has 3 fully saturated rings. The van der Waals surface area contributed by atoms with Crippen molar-refractivity contribution < 1.29 is 14.3 Å². The zero-order valence-electron chi connectivity index (χ0n) is 16.1. The molecule has 0 radical (unpaired) electrons. The fourth-order valence-electron chi connectivity index (χ4n) is 7.30. The molecule has 4 aliphatic carbocycles. The molecular formula is C22H32O3. The van der Waals surface area contributed by atoms with Crippen molar-refractivity contribution >= 4 is 11.8 Å². The Morgan fingerprint density at radius 1 is 1.20 bits per heavy atom. The summed E-state index contributed by atoms with van der Waals surface area (Å²) in [6, 6.07) is 0. The van der Waals surface area contributed by atoms with Crippen LogP contribution < -0.4 is 0 Å². The first-order valence-corrected chi connectivity index (χ1v) is 10.2. The van der Waals surface area contributed by atoms with E-state index in [1.807, 2.05) is 6.08 Å². The van der Waals surface area contributed by atoms with Crippen LogP contribution in [0.5, 0.6) is 0 Å². The maximum absolute atomic E-state index is 11.9. The number of ketones is 1. The number of ether oxygens (including phenoxy) is 1. The molecule has 0 aromatic carbocycles. The van der Waals surface area contributed by atoms with Crippen molar-refractivity contribution in [2.75, 3.05) is 0 Å². The largest absolute Gasteiger partial charge is 0.459 e. The van der Waals surface area contributed by atoms with E-state index in [9.17, 15) is 9.59 Å². The number of rotatable bonds is 1. The average molecular weight is 344 g/mol. The summed E-state index contributed by atoms with van der Waals surface area (Å²) in [7, 11) is 0. The van der Waals surface area contributed by atoms with Crippen LogP contribution in [0.2, 0.25) is 0 Å². The fourth-order valence-corrected chi connectivity index (χ4v) is 7.30. The maximum Gasteiger partial charge on any atom is 0.303 e. The summed E-state index contributed by atoms with van der Waals surface area (Å²) < 4.78 is 5.91. The van der Waals surface area contributed by atoms with Crippen molar-refractivity contribution in [1.82, 2.24) is 0 Å². The third-order valence-electron chi connectivity index (χ3n) is 8.54. The quantitative estimate of drug-likeness (QED) is 0.648. The molecule has 0 aromatic rings. The van der Waals surface area contributed by atoms with Crippen molar-refractivity contribution in [2.24, 2.45) is 35.0 Å². The molecule has 3 saturated carbocycles. The molecule has 4 aliphatic rings. The number of hydrogen-bond acceptors (Lipinski definition) is 3. The molecule has 0 bridgehead atoms. The second kappa shape index (κ2) is 5.69. The maximum atomic E-state index is 11.9. The highest BCUT2D eigenvalue weighted by atomic mass is 16.6. The smallest absolute Gasteiger partial charge is 0.303 e. The minimum absolute atomic E-state index is 0.0970. The predicted octanol–water partition coefficient (Wildman–Crippen LogP) is 4.70. The summed E-state index contributed by atoms with van der Waals surface area (Å²) in [6.45, 7) is 8.49. The van der Waals surface area contributed by atoms with Crippen LogP contribution in [0.3, 0.4) is 0 Å². The minimum Gasteiger partial charge on any atom is -0.459 e. The molecule has 0 spiro atoms. The van der Waals surface area contributed by atoms with Crippen molar-refractivity contribution in [2.45, 2.75) is 78.2 Å². The van der Waals surface area contributed by atoms with E-state index in [4.69, 9.17) is 4.74 Å². The predicted molar refractivity (Wildman–Crippen MR) is 96.8 cm³/mol. The van der Waals surface area contributed by atoms with Crippen LogP contribution in [0.25, 0.3) is 0 Å². The first-order chi connectivity index (χ1) is 11.7. The van der Waals surface area contributed by atoms with Gasteiger partial charge in [0.05, 0.1) is 0 Å². The van der Waals surface area contributed by atoms with Gasteiger partial charge < -0.3 is 4.74 Å². The lowest BCUT2D eigenvalue weighted by atomic mass is 9.48. The summed E-state index contributed by atoms with van der Waals surface area (Å²) in [4.78, 5) is 23.6. The van der Waals surface area contributed by atoms with Gasteiger partial charge in [-0.3, -0.25) is 9.59 Å². The van der Waals surface area contributed by atoms with Gasteiger partial charge in [-0.1, -0.05) is 19.4 Å². The van der Waals surface area contributed by atoms with Crippen molar-refractivity contribution in [3.8, 4) is 0 Å². The Labute approximate surface area is 151 Å². The average Bonchev–Trinajstić information content (AvgIpc) is 2.77. The molecule has 25 heavy (non-hydrogen) atoms. The second-order valence-electron chi connectivity index (χ2n) is 9.68. The number of carbonyl (C=O) groups is 2. The van der Waals surface area contributed by atoms with E-state index in [1.165, 1.54) is 18.4 Å². The normalized spacial score (nSPS) is 48.9. The van der Waals surface area contributed by atoms with E-state index in [2.05, 4.69) is 20.8 Å². The highest BCUT2D eigenvalue weighted by molar-refractivity contribution is 5.91. The molecule has 7 atom stereocenters. The third-order valence-corrected chi connectivity index (χ3v) is 8.54. The van der Waals surface area contributed by atoms with E-state index < -0.39 is 0 Å². The number of fused-ring (bicyclic) bond motifs is 5. The molecule has 138 valence electrons. The first kappa shape index (κ1) is 17.3. The topological polar surface area (TPSA) is 43.4 Å². The minimum atomic E-state index is -0.313. The number of allylic oxidation sites excluding steroid dienone is 1. The zero-order chi connectivity index (χ0) is 18.0. The molecule has 0 N–H and O–H groups in total. The van der Waals surface area contributed by atoms with E-state index >= 15 is 0 Å². The fraction of sp³-hybridized carbons (Fsp3) is 0.818. The number of carbonyl (C=O) groups excluding carboxylic acids is 2. The zero-order valence-corrected chi connectivity index (χ0v) is 16.1. The van der Waals surface area contributed by atoms with Gasteiger partial charge in [0, 0.05) is 18.8 Å². The van der Waals surface area contributed by atoms with E-state index in [1.54, 1.807) is 6.92 Å². The Morgan fingerprint density at radius 3 is 2.68 bits per heavy atom. The van der Waals surface area contributed by atoms with Crippen LogP contribution >= 0.6 is 0 Å². The molecule has 4 rings (SSSR count). The van der Waals surface area contributed by atoms with Gasteiger partial charge in [-0.2, -0.15) is 0 Å². The Kier molecular flexibility index (Phi) is 3.94. The van der Waals surface area contributed by atoms with Gasteiger partial charge in [-0.05, 0) is 81.1 Å². The molecule has 3 nitrogen and oxygen atoms in total. The van der Waals surface area contributed by atoms with Crippen molar-refractivity contribution in [3.05, 3.63) is 11.6 Å². The summed E-state index contributed by atoms with van der Waals surface area (Å²) in [5.41, 5.74) is 1.22. The summed E-state index contributed by atoms with van der Waals surface area (Å²) in [5, 5.41) is 0. The van der Waals surface area contributed by atoms with Crippen LogP contribution in [0.15, 0.2) is 11.6 Å².